The van der Waals surface area contributed by atoms with Crippen molar-refractivity contribution in [2.45, 2.75) is 44.1 Å². The Kier molecular flexibility index (Phi) is 4.27. The topological polar surface area (TPSA) is 95.4 Å². The summed E-state index contributed by atoms with van der Waals surface area (Å²) in [6.07, 6.45) is 7.21. The van der Waals surface area contributed by atoms with Crippen molar-refractivity contribution < 1.29 is 14.0 Å². The Morgan fingerprint density at radius 2 is 1.93 bits per heavy atom. The van der Waals surface area contributed by atoms with Crippen LogP contribution in [0.3, 0.4) is 0 Å². The molecule has 0 radical (unpaired) electrons. The lowest BCUT2D eigenvalue weighted by Crippen LogP contribution is -2.59. The zero-order valence-electron chi connectivity index (χ0n) is 15.7. The van der Waals surface area contributed by atoms with E-state index in [-0.39, 0.29) is 23.2 Å². The van der Waals surface area contributed by atoms with Crippen LogP contribution < -0.4 is 5.73 Å². The Hall–Kier alpha value is -2.29. The molecule has 7 nitrogen and oxygen atoms in total. The summed E-state index contributed by atoms with van der Waals surface area (Å²) < 4.78 is 15.6. The van der Waals surface area contributed by atoms with Crippen LogP contribution in [0.5, 0.6) is 0 Å². The van der Waals surface area contributed by atoms with Gasteiger partial charge in [-0.2, -0.15) is 0 Å². The van der Waals surface area contributed by atoms with Gasteiger partial charge >= 0.3 is 5.97 Å². The smallest absolute Gasteiger partial charge is 0.341 e. The molecule has 6 rings (SSSR count). The van der Waals surface area contributed by atoms with Crippen LogP contribution in [-0.4, -0.2) is 26.6 Å². The monoisotopic (exact) mass is 461 g/mol. The van der Waals surface area contributed by atoms with Gasteiger partial charge in [-0.1, -0.05) is 5.16 Å². The first-order valence-electron chi connectivity index (χ1n) is 9.76. The van der Waals surface area contributed by atoms with E-state index in [0.29, 0.717) is 28.6 Å². The lowest BCUT2D eigenvalue weighted by molar-refractivity contribution is -0.179. The van der Waals surface area contributed by atoms with E-state index in [9.17, 15) is 9.18 Å². The van der Waals surface area contributed by atoms with Crippen LogP contribution in [0.4, 0.5) is 4.39 Å². The number of hydrogen-bond acceptors (Lipinski definition) is 5. The van der Waals surface area contributed by atoms with Gasteiger partial charge in [0, 0.05) is 5.56 Å². The molecule has 4 bridgehead atoms. The molecule has 1 aromatic heterocycles. The molecule has 0 saturated heterocycles. The molecule has 29 heavy (non-hydrogen) atoms. The first-order valence-corrected chi connectivity index (χ1v) is 10.6. The summed E-state index contributed by atoms with van der Waals surface area (Å²) in [6.45, 7) is 0. The second-order valence-corrected chi connectivity index (χ2v) is 9.50. The van der Waals surface area contributed by atoms with E-state index in [1.54, 1.807) is 6.33 Å². The third-order valence-corrected chi connectivity index (χ3v) is 7.14. The molecule has 4 aliphatic rings. The summed E-state index contributed by atoms with van der Waals surface area (Å²) >= 11 is 3.33. The van der Waals surface area contributed by atoms with Crippen molar-refractivity contribution >= 4 is 27.7 Å². The summed E-state index contributed by atoms with van der Waals surface area (Å²) in [7, 11) is 0. The lowest BCUT2D eigenvalue weighted by atomic mass is 9.47. The minimum absolute atomic E-state index is 0.0537. The van der Waals surface area contributed by atoms with E-state index in [1.807, 2.05) is 4.68 Å². The average Bonchev–Trinajstić information content (AvgIpc) is 3.12. The van der Waals surface area contributed by atoms with Gasteiger partial charge in [0.15, 0.2) is 5.84 Å². The number of hydrogen-bond donors (Lipinski definition) is 1. The molecular weight excluding hydrogens is 441 g/mol. The zero-order chi connectivity index (χ0) is 20.2. The number of oxime groups is 1. The highest BCUT2D eigenvalue weighted by Crippen LogP contribution is 2.64. The third-order valence-electron chi connectivity index (χ3n) is 6.78. The van der Waals surface area contributed by atoms with Gasteiger partial charge in [-0.05, 0) is 90.6 Å². The molecule has 4 aliphatic carbocycles. The molecule has 0 aliphatic heterocycles. The quantitative estimate of drug-likeness (QED) is 0.326. The van der Waals surface area contributed by atoms with E-state index >= 15 is 0 Å². The Balaban J connectivity index is 1.39. The highest BCUT2D eigenvalue weighted by atomic mass is 79.9. The van der Waals surface area contributed by atoms with Gasteiger partial charge in [0.1, 0.15) is 12.1 Å². The molecule has 9 heteroatoms. The highest BCUT2D eigenvalue weighted by molar-refractivity contribution is 9.10. The molecule has 0 amide bonds. The van der Waals surface area contributed by atoms with E-state index < -0.39 is 5.41 Å². The standard InChI is InChI=1S/C20H21BrFN5O2/c21-18-24-11-27(25-18)20-8-12-5-13(9-20)7-19(6-12,10-20)17(28)29-26-16(23)14-1-3-15(22)4-2-14/h1-4,11-13H,5-10H2,(H2,23,26). The summed E-state index contributed by atoms with van der Waals surface area (Å²) in [5.41, 5.74) is 5.66. The Morgan fingerprint density at radius 3 is 2.55 bits per heavy atom. The summed E-state index contributed by atoms with van der Waals surface area (Å²) in [4.78, 5) is 22.7. The molecule has 2 aromatic rings. The van der Waals surface area contributed by atoms with E-state index in [2.05, 4.69) is 31.2 Å². The Labute approximate surface area is 175 Å². The minimum Gasteiger partial charge on any atom is -0.380 e. The molecule has 1 aromatic carbocycles. The molecular formula is C20H21BrFN5O2. The average molecular weight is 462 g/mol. The van der Waals surface area contributed by atoms with Crippen molar-refractivity contribution in [3.8, 4) is 0 Å². The fraction of sp³-hybridized carbons (Fsp3) is 0.500. The number of carbonyl (C=O) groups excluding carboxylic acids is 1. The number of nitrogens with two attached hydrogens (primary N) is 1. The van der Waals surface area contributed by atoms with Crippen LogP contribution in [-0.2, 0) is 15.2 Å². The van der Waals surface area contributed by atoms with Crippen LogP contribution in [0.1, 0.15) is 44.1 Å². The van der Waals surface area contributed by atoms with Crippen LogP contribution >= 0.6 is 15.9 Å². The number of carbonyl (C=O) groups is 1. The van der Waals surface area contributed by atoms with Crippen LogP contribution in [0.15, 0.2) is 40.5 Å². The molecule has 2 N–H and O–H groups in total. The fourth-order valence-electron chi connectivity index (χ4n) is 6.05. The molecule has 2 atom stereocenters. The third kappa shape index (κ3) is 3.15. The number of amidine groups is 1. The van der Waals surface area contributed by atoms with Crippen molar-refractivity contribution in [3.05, 3.63) is 46.7 Å². The Bertz CT molecular complexity index is 975. The van der Waals surface area contributed by atoms with Gasteiger partial charge in [-0.25, -0.2) is 18.9 Å². The molecule has 4 saturated carbocycles. The predicted octanol–water partition coefficient (Wildman–Crippen LogP) is 3.34. The normalized spacial score (nSPS) is 33.1. The molecule has 152 valence electrons. The van der Waals surface area contributed by atoms with Gasteiger partial charge in [0.2, 0.25) is 4.73 Å². The van der Waals surface area contributed by atoms with Crippen molar-refractivity contribution in [1.82, 2.24) is 14.8 Å². The van der Waals surface area contributed by atoms with E-state index in [1.165, 1.54) is 24.3 Å². The van der Waals surface area contributed by atoms with Gasteiger partial charge in [-0.15, -0.1) is 5.10 Å². The maximum atomic E-state index is 13.2. The van der Waals surface area contributed by atoms with Crippen molar-refractivity contribution in [2.24, 2.45) is 28.1 Å². The lowest BCUT2D eigenvalue weighted by Gasteiger charge is -2.60. The number of benzene rings is 1. The maximum absolute atomic E-state index is 13.2. The van der Waals surface area contributed by atoms with E-state index in [0.717, 1.165) is 32.1 Å². The first-order chi connectivity index (χ1) is 13.9. The maximum Gasteiger partial charge on any atom is 0.341 e. The molecule has 2 unspecified atom stereocenters. The zero-order valence-corrected chi connectivity index (χ0v) is 17.3. The second kappa shape index (κ2) is 6.62. The molecule has 1 heterocycles. The number of rotatable bonds is 4. The van der Waals surface area contributed by atoms with Crippen molar-refractivity contribution in [1.29, 1.82) is 0 Å². The fourth-order valence-corrected chi connectivity index (χ4v) is 6.32. The number of halogens is 2. The summed E-state index contributed by atoms with van der Waals surface area (Å²) in [6, 6.07) is 5.59. The van der Waals surface area contributed by atoms with Gasteiger partial charge in [-0.3, -0.25) is 0 Å². The highest BCUT2D eigenvalue weighted by Gasteiger charge is 2.62. The predicted molar refractivity (Wildman–Crippen MR) is 106 cm³/mol. The largest absolute Gasteiger partial charge is 0.380 e. The molecule has 4 fully saturated rings. The van der Waals surface area contributed by atoms with Gasteiger partial charge in [0.05, 0.1) is 11.0 Å². The van der Waals surface area contributed by atoms with Gasteiger partial charge in [0.25, 0.3) is 0 Å². The van der Waals surface area contributed by atoms with Crippen LogP contribution in [0.25, 0.3) is 0 Å². The number of aromatic nitrogens is 3. The minimum atomic E-state index is -0.574. The van der Waals surface area contributed by atoms with Crippen LogP contribution in [0, 0.1) is 23.1 Å². The first kappa shape index (κ1) is 18.7. The molecule has 0 spiro atoms. The Morgan fingerprint density at radius 1 is 1.24 bits per heavy atom. The summed E-state index contributed by atoms with van der Waals surface area (Å²) in [5.74, 6) is 0.283. The van der Waals surface area contributed by atoms with E-state index in [4.69, 9.17) is 10.6 Å². The van der Waals surface area contributed by atoms with Crippen molar-refractivity contribution in [2.75, 3.05) is 0 Å². The van der Waals surface area contributed by atoms with Crippen LogP contribution in [0.2, 0.25) is 0 Å². The van der Waals surface area contributed by atoms with Gasteiger partial charge < -0.3 is 10.6 Å². The summed E-state index contributed by atoms with van der Waals surface area (Å²) in [5, 5.41) is 8.36. The number of nitrogens with zero attached hydrogens (tertiary/aromatic N) is 4. The second-order valence-electron chi connectivity index (χ2n) is 8.79. The van der Waals surface area contributed by atoms with Crippen molar-refractivity contribution in [3.63, 3.8) is 0 Å². The SMILES string of the molecule is N/C(=N\OC(=O)C12CC3CC(C1)CC(n1cnc(Br)n1)(C3)C2)c1ccc(F)cc1.